The fraction of sp³-hybridized carbons (Fsp3) is 0.222. The molecule has 0 aliphatic heterocycles. The lowest BCUT2D eigenvalue weighted by Gasteiger charge is -2.05. The Hall–Kier alpha value is -1.45. The van der Waals surface area contributed by atoms with Crippen LogP contribution in [0.15, 0.2) is 18.2 Å². The van der Waals surface area contributed by atoms with Gasteiger partial charge in [-0.25, -0.2) is 8.78 Å². The van der Waals surface area contributed by atoms with Crippen LogP contribution >= 0.6 is 0 Å². The smallest absolute Gasteiger partial charge is 0.197 e. The van der Waals surface area contributed by atoms with Crippen molar-refractivity contribution >= 4 is 5.78 Å². The summed E-state index contributed by atoms with van der Waals surface area (Å²) in [5.41, 5.74) is -0.0648. The van der Waals surface area contributed by atoms with Gasteiger partial charge in [0.1, 0.15) is 0 Å². The third kappa shape index (κ3) is 1.83. The fourth-order valence-corrected chi connectivity index (χ4v) is 1.01. The standard InChI is InChI=1S/C9H8F2O2/c1-13-9-6(8(12)5-10)3-2-4-7(9)11/h2-4H,5H2,1H3. The molecular weight excluding hydrogens is 178 g/mol. The highest BCUT2D eigenvalue weighted by atomic mass is 19.1. The molecule has 0 fully saturated rings. The molecule has 1 rings (SSSR count). The first-order chi connectivity index (χ1) is 6.20. The maximum absolute atomic E-state index is 12.9. The fourth-order valence-electron chi connectivity index (χ4n) is 1.01. The van der Waals surface area contributed by atoms with Crippen LogP contribution < -0.4 is 4.74 Å². The molecule has 0 heterocycles. The predicted molar refractivity (Wildman–Crippen MR) is 43.3 cm³/mol. The molecule has 0 bridgehead atoms. The van der Waals surface area contributed by atoms with Crippen molar-refractivity contribution in [3.8, 4) is 5.75 Å². The highest BCUT2D eigenvalue weighted by Crippen LogP contribution is 2.22. The summed E-state index contributed by atoms with van der Waals surface area (Å²) >= 11 is 0. The summed E-state index contributed by atoms with van der Waals surface area (Å²) in [7, 11) is 1.23. The number of carbonyl (C=O) groups is 1. The van der Waals surface area contributed by atoms with E-state index in [1.54, 1.807) is 0 Å². The number of para-hydroxylation sites is 1. The molecule has 0 aliphatic carbocycles. The first-order valence-corrected chi connectivity index (χ1v) is 3.62. The molecule has 0 atom stereocenters. The van der Waals surface area contributed by atoms with Gasteiger partial charge in [0, 0.05) is 0 Å². The molecule has 2 nitrogen and oxygen atoms in total. The molecule has 0 spiro atoms. The van der Waals surface area contributed by atoms with Crippen LogP contribution in [0.1, 0.15) is 10.4 Å². The van der Waals surface area contributed by atoms with Crippen LogP contribution in [0.2, 0.25) is 0 Å². The summed E-state index contributed by atoms with van der Waals surface area (Å²) in [6, 6.07) is 3.80. The lowest BCUT2D eigenvalue weighted by atomic mass is 10.1. The Labute approximate surface area is 74.1 Å². The summed E-state index contributed by atoms with van der Waals surface area (Å²) < 4.78 is 29.6. The van der Waals surface area contributed by atoms with Gasteiger partial charge in [0.2, 0.25) is 0 Å². The van der Waals surface area contributed by atoms with Gasteiger partial charge in [-0.3, -0.25) is 4.79 Å². The van der Waals surface area contributed by atoms with E-state index >= 15 is 0 Å². The average Bonchev–Trinajstić information content (AvgIpc) is 2.16. The average molecular weight is 186 g/mol. The largest absolute Gasteiger partial charge is 0.493 e. The molecule has 0 radical (unpaired) electrons. The Kier molecular flexibility index (Phi) is 2.95. The van der Waals surface area contributed by atoms with Gasteiger partial charge in [0.05, 0.1) is 12.7 Å². The Bertz CT molecular complexity index is 323. The monoisotopic (exact) mass is 186 g/mol. The van der Waals surface area contributed by atoms with Gasteiger partial charge < -0.3 is 4.74 Å². The first kappa shape index (κ1) is 9.64. The third-order valence-electron chi connectivity index (χ3n) is 1.59. The Balaban J connectivity index is 3.20. The van der Waals surface area contributed by atoms with Crippen molar-refractivity contribution in [2.75, 3.05) is 13.8 Å². The van der Waals surface area contributed by atoms with Gasteiger partial charge in [-0.05, 0) is 12.1 Å². The molecule has 0 N–H and O–H groups in total. The molecule has 70 valence electrons. The van der Waals surface area contributed by atoms with Gasteiger partial charge in [-0.15, -0.1) is 0 Å². The summed E-state index contributed by atoms with van der Waals surface area (Å²) in [5.74, 6) is -1.65. The minimum Gasteiger partial charge on any atom is -0.493 e. The van der Waals surface area contributed by atoms with E-state index in [9.17, 15) is 13.6 Å². The predicted octanol–water partition coefficient (Wildman–Crippen LogP) is 1.99. The quantitative estimate of drug-likeness (QED) is 0.675. The van der Waals surface area contributed by atoms with Gasteiger partial charge in [-0.2, -0.15) is 0 Å². The van der Waals surface area contributed by atoms with E-state index in [0.717, 1.165) is 6.07 Å². The van der Waals surface area contributed by atoms with Crippen LogP contribution in [0.3, 0.4) is 0 Å². The second-order valence-electron chi connectivity index (χ2n) is 2.38. The number of alkyl halides is 1. The number of ketones is 1. The number of hydrogen-bond donors (Lipinski definition) is 0. The number of carbonyl (C=O) groups excluding carboxylic acids is 1. The Morgan fingerprint density at radius 3 is 2.77 bits per heavy atom. The summed E-state index contributed by atoms with van der Waals surface area (Å²) in [5, 5.41) is 0. The van der Waals surface area contributed by atoms with Gasteiger partial charge in [0.25, 0.3) is 0 Å². The van der Waals surface area contributed by atoms with Crippen molar-refractivity contribution in [3.63, 3.8) is 0 Å². The second-order valence-corrected chi connectivity index (χ2v) is 2.38. The van der Waals surface area contributed by atoms with Gasteiger partial charge in [0.15, 0.2) is 24.0 Å². The summed E-state index contributed by atoms with van der Waals surface area (Å²) in [4.78, 5) is 10.9. The number of methoxy groups -OCH3 is 1. The number of benzene rings is 1. The zero-order valence-corrected chi connectivity index (χ0v) is 7.01. The summed E-state index contributed by atoms with van der Waals surface area (Å²) in [6.45, 7) is -1.15. The van der Waals surface area contributed by atoms with E-state index in [4.69, 9.17) is 0 Å². The van der Waals surface area contributed by atoms with Crippen molar-refractivity contribution in [2.45, 2.75) is 0 Å². The zero-order valence-electron chi connectivity index (χ0n) is 7.01. The maximum Gasteiger partial charge on any atom is 0.197 e. The highest BCUT2D eigenvalue weighted by molar-refractivity contribution is 5.99. The molecule has 1 aromatic carbocycles. The van der Waals surface area contributed by atoms with Crippen molar-refractivity contribution in [1.82, 2.24) is 0 Å². The van der Waals surface area contributed by atoms with E-state index in [2.05, 4.69) is 4.74 Å². The third-order valence-corrected chi connectivity index (χ3v) is 1.59. The molecule has 0 unspecified atom stereocenters. The number of hydrogen-bond acceptors (Lipinski definition) is 2. The molecule has 1 aromatic rings. The molecule has 0 amide bonds. The molecule has 0 aromatic heterocycles. The van der Waals surface area contributed by atoms with Gasteiger partial charge >= 0.3 is 0 Å². The number of rotatable bonds is 3. The van der Waals surface area contributed by atoms with Crippen molar-refractivity contribution < 1.29 is 18.3 Å². The van der Waals surface area contributed by atoms with E-state index in [0.29, 0.717) is 0 Å². The second kappa shape index (κ2) is 3.98. The highest BCUT2D eigenvalue weighted by Gasteiger charge is 2.14. The van der Waals surface area contributed by atoms with Crippen LogP contribution in [0.5, 0.6) is 5.75 Å². The van der Waals surface area contributed by atoms with Crippen LogP contribution in [0.4, 0.5) is 8.78 Å². The minimum absolute atomic E-state index is 0.0648. The molecule has 0 saturated heterocycles. The van der Waals surface area contributed by atoms with Crippen molar-refractivity contribution in [2.24, 2.45) is 0 Å². The van der Waals surface area contributed by atoms with Gasteiger partial charge in [-0.1, -0.05) is 6.07 Å². The van der Waals surface area contributed by atoms with Crippen LogP contribution in [-0.4, -0.2) is 19.6 Å². The minimum atomic E-state index is -1.15. The number of ether oxygens (including phenoxy) is 1. The molecule has 0 saturated carbocycles. The SMILES string of the molecule is COc1c(F)cccc1C(=O)CF. The molecule has 4 heteroatoms. The van der Waals surface area contributed by atoms with E-state index < -0.39 is 18.3 Å². The van der Waals surface area contributed by atoms with Crippen LogP contribution in [0.25, 0.3) is 0 Å². The normalized spacial score (nSPS) is 9.77. The molecule has 0 aliphatic rings. The molecular formula is C9H8F2O2. The lowest BCUT2D eigenvalue weighted by molar-refractivity contribution is 0.0955. The first-order valence-electron chi connectivity index (χ1n) is 3.62. The molecule has 13 heavy (non-hydrogen) atoms. The van der Waals surface area contributed by atoms with Crippen molar-refractivity contribution in [3.05, 3.63) is 29.6 Å². The zero-order chi connectivity index (χ0) is 9.84. The maximum atomic E-state index is 12.9. The number of halogens is 2. The van der Waals surface area contributed by atoms with E-state index in [-0.39, 0.29) is 11.3 Å². The van der Waals surface area contributed by atoms with E-state index in [1.807, 2.05) is 0 Å². The van der Waals surface area contributed by atoms with Crippen LogP contribution in [-0.2, 0) is 0 Å². The Morgan fingerprint density at radius 1 is 1.54 bits per heavy atom. The van der Waals surface area contributed by atoms with Crippen molar-refractivity contribution in [1.29, 1.82) is 0 Å². The van der Waals surface area contributed by atoms with E-state index in [1.165, 1.54) is 19.2 Å². The summed E-state index contributed by atoms with van der Waals surface area (Å²) in [6.07, 6.45) is 0. The topological polar surface area (TPSA) is 26.3 Å². The Morgan fingerprint density at radius 2 is 2.23 bits per heavy atom. The number of Topliss-reactive ketones (excluding diaryl/α,β-unsaturated/α-hetero) is 1. The van der Waals surface area contributed by atoms with Crippen LogP contribution in [0, 0.1) is 5.82 Å². The lowest BCUT2D eigenvalue weighted by Crippen LogP contribution is -2.05.